The predicted molar refractivity (Wildman–Crippen MR) is 112 cm³/mol. The molecule has 2 aliphatic rings. The molecule has 2 aliphatic heterocycles. The number of rotatable bonds is 4. The molecule has 3 aromatic rings. The summed E-state index contributed by atoms with van der Waals surface area (Å²) in [6.07, 6.45) is 0. The lowest BCUT2D eigenvalue weighted by Crippen LogP contribution is -2.56. The van der Waals surface area contributed by atoms with Crippen molar-refractivity contribution in [2.45, 2.75) is 19.0 Å². The van der Waals surface area contributed by atoms with E-state index in [1.807, 2.05) is 18.2 Å². The summed E-state index contributed by atoms with van der Waals surface area (Å²) in [4.78, 5) is 39.6. The Morgan fingerprint density at radius 3 is 2.58 bits per heavy atom. The Bertz CT molecular complexity index is 1240. The van der Waals surface area contributed by atoms with Crippen LogP contribution in [0, 0.1) is 0 Å². The number of carboxylic acids is 1. The van der Waals surface area contributed by atoms with Gasteiger partial charge in [0.25, 0.3) is 0 Å². The summed E-state index contributed by atoms with van der Waals surface area (Å²) in [5, 5.41) is 10.1. The van der Waals surface area contributed by atoms with Gasteiger partial charge in [0.15, 0.2) is 0 Å². The zero-order valence-corrected chi connectivity index (χ0v) is 17.2. The number of ether oxygens (including phenoxy) is 1. The normalized spacial score (nSPS) is 17.8. The minimum Gasteiger partial charge on any atom is -0.497 e. The van der Waals surface area contributed by atoms with Crippen molar-refractivity contribution in [3.8, 4) is 5.75 Å². The maximum Gasteiger partial charge on any atom is 0.335 e. The summed E-state index contributed by atoms with van der Waals surface area (Å²) in [5.41, 5.74) is 3.98. The molecule has 1 fully saturated rings. The van der Waals surface area contributed by atoms with Gasteiger partial charge in [-0.1, -0.05) is 12.1 Å². The largest absolute Gasteiger partial charge is 0.497 e. The zero-order chi connectivity index (χ0) is 21.9. The lowest BCUT2D eigenvalue weighted by Gasteiger charge is -2.41. The average Bonchev–Trinajstić information content (AvgIpc) is 3.09. The number of nitrogens with zero attached hydrogens (tertiary/aromatic N) is 3. The first-order chi connectivity index (χ1) is 14.9. The van der Waals surface area contributed by atoms with Crippen LogP contribution in [-0.4, -0.2) is 58.1 Å². The lowest BCUT2D eigenvalue weighted by molar-refractivity contribution is -0.132. The Morgan fingerprint density at radius 2 is 1.90 bits per heavy atom. The summed E-state index contributed by atoms with van der Waals surface area (Å²) in [6.45, 7) is 1.28. The van der Waals surface area contributed by atoms with Crippen LogP contribution in [-0.2, 0) is 17.9 Å². The fourth-order valence-electron chi connectivity index (χ4n) is 4.66. The SMILES string of the molecule is COc1ccc2c(c1)c1c(n2Cc2ccc(C(=O)O)cc2)CN2CC1C(=O)N(C)C2=O. The molecule has 8 heteroatoms. The average molecular weight is 419 g/mol. The maximum atomic E-state index is 13.0. The molecule has 158 valence electrons. The van der Waals surface area contributed by atoms with E-state index in [1.54, 1.807) is 36.3 Å². The van der Waals surface area contributed by atoms with E-state index in [2.05, 4.69) is 4.57 Å². The van der Waals surface area contributed by atoms with Crippen molar-refractivity contribution >= 4 is 28.8 Å². The molecule has 1 atom stereocenters. The summed E-state index contributed by atoms with van der Waals surface area (Å²) in [6, 6.07) is 12.2. The van der Waals surface area contributed by atoms with Gasteiger partial charge >= 0.3 is 12.0 Å². The van der Waals surface area contributed by atoms with E-state index in [9.17, 15) is 14.4 Å². The first kappa shape index (κ1) is 19.2. The third-order valence-corrected chi connectivity index (χ3v) is 6.24. The second-order valence-corrected chi connectivity index (χ2v) is 7.94. The van der Waals surface area contributed by atoms with Crippen molar-refractivity contribution in [3.63, 3.8) is 0 Å². The van der Waals surface area contributed by atoms with Gasteiger partial charge in [-0.05, 0) is 41.5 Å². The maximum absolute atomic E-state index is 13.0. The van der Waals surface area contributed by atoms with Gasteiger partial charge in [0.1, 0.15) is 5.75 Å². The number of carbonyl (C=O) groups is 3. The molecule has 2 aromatic carbocycles. The smallest absolute Gasteiger partial charge is 0.335 e. The number of imide groups is 1. The van der Waals surface area contributed by atoms with Crippen LogP contribution in [0.4, 0.5) is 4.79 Å². The Labute approximate surface area is 178 Å². The van der Waals surface area contributed by atoms with Gasteiger partial charge in [0, 0.05) is 36.7 Å². The second-order valence-electron chi connectivity index (χ2n) is 7.94. The third kappa shape index (κ3) is 2.86. The number of amides is 3. The minimum atomic E-state index is -0.968. The van der Waals surface area contributed by atoms with Crippen molar-refractivity contribution < 1.29 is 24.2 Å². The summed E-state index contributed by atoms with van der Waals surface area (Å²) >= 11 is 0. The topological polar surface area (TPSA) is 92.1 Å². The highest BCUT2D eigenvalue weighted by Crippen LogP contribution is 2.41. The van der Waals surface area contributed by atoms with E-state index in [4.69, 9.17) is 9.84 Å². The van der Waals surface area contributed by atoms with E-state index >= 15 is 0 Å². The number of carboxylic acid groups (broad SMARTS) is 1. The molecule has 1 unspecified atom stereocenters. The number of hydrogen-bond donors (Lipinski definition) is 1. The molecule has 0 aliphatic carbocycles. The van der Waals surface area contributed by atoms with Crippen molar-refractivity contribution in [2.75, 3.05) is 20.7 Å². The van der Waals surface area contributed by atoms with Crippen LogP contribution in [0.2, 0.25) is 0 Å². The molecule has 2 bridgehead atoms. The van der Waals surface area contributed by atoms with Crippen molar-refractivity contribution in [1.29, 1.82) is 0 Å². The molecule has 3 heterocycles. The summed E-state index contributed by atoms with van der Waals surface area (Å²) in [5.74, 6) is -0.885. The van der Waals surface area contributed by atoms with Gasteiger partial charge in [-0.25, -0.2) is 9.59 Å². The van der Waals surface area contributed by atoms with Gasteiger partial charge in [-0.2, -0.15) is 0 Å². The summed E-state index contributed by atoms with van der Waals surface area (Å²) in [7, 11) is 3.13. The monoisotopic (exact) mass is 419 g/mol. The van der Waals surface area contributed by atoms with Crippen molar-refractivity contribution in [3.05, 3.63) is 64.8 Å². The van der Waals surface area contributed by atoms with E-state index in [0.29, 0.717) is 25.4 Å². The van der Waals surface area contributed by atoms with Gasteiger partial charge in [0.2, 0.25) is 5.91 Å². The molecule has 0 saturated carbocycles. The van der Waals surface area contributed by atoms with Gasteiger partial charge in [-0.15, -0.1) is 0 Å². The van der Waals surface area contributed by atoms with E-state index in [1.165, 1.54) is 11.9 Å². The highest BCUT2D eigenvalue weighted by Gasteiger charge is 2.44. The second kappa shape index (κ2) is 6.87. The van der Waals surface area contributed by atoms with Crippen LogP contribution in [0.5, 0.6) is 5.75 Å². The van der Waals surface area contributed by atoms with E-state index in [-0.39, 0.29) is 17.5 Å². The summed E-state index contributed by atoms with van der Waals surface area (Å²) < 4.78 is 7.54. The Morgan fingerprint density at radius 1 is 1.16 bits per heavy atom. The molecule has 1 saturated heterocycles. The van der Waals surface area contributed by atoms with Gasteiger partial charge in [0.05, 0.1) is 25.1 Å². The fourth-order valence-corrected chi connectivity index (χ4v) is 4.66. The molecule has 0 radical (unpaired) electrons. The van der Waals surface area contributed by atoms with Gasteiger partial charge in [-0.3, -0.25) is 9.69 Å². The lowest BCUT2D eigenvalue weighted by atomic mass is 9.89. The number of fused-ring (bicyclic) bond motifs is 6. The first-order valence-electron chi connectivity index (χ1n) is 9.96. The van der Waals surface area contributed by atoms with Crippen LogP contribution < -0.4 is 4.74 Å². The number of carbonyl (C=O) groups excluding carboxylic acids is 2. The highest BCUT2D eigenvalue weighted by molar-refractivity contribution is 6.04. The number of aromatic nitrogens is 1. The van der Waals surface area contributed by atoms with E-state index in [0.717, 1.165) is 27.7 Å². The van der Waals surface area contributed by atoms with Crippen molar-refractivity contribution in [1.82, 2.24) is 14.4 Å². The van der Waals surface area contributed by atoms with E-state index < -0.39 is 11.9 Å². The third-order valence-electron chi connectivity index (χ3n) is 6.24. The standard InChI is InChI=1S/C23H21N3O5/c1-24-21(27)17-11-25(23(24)30)12-19-20(17)16-9-15(31-2)7-8-18(16)26(19)10-13-3-5-14(6-4-13)22(28)29/h3-9,17H,10-12H2,1-2H3,(H,28,29). The van der Waals surface area contributed by atoms with Crippen LogP contribution in [0.15, 0.2) is 42.5 Å². The first-order valence-corrected chi connectivity index (χ1v) is 9.96. The molecule has 1 aromatic heterocycles. The van der Waals surface area contributed by atoms with Gasteiger partial charge < -0.3 is 19.3 Å². The molecule has 1 N–H and O–H groups in total. The van der Waals surface area contributed by atoms with Crippen molar-refractivity contribution in [2.24, 2.45) is 0 Å². The van der Waals surface area contributed by atoms with Crippen LogP contribution in [0.3, 0.4) is 0 Å². The Hall–Kier alpha value is -3.81. The molecular formula is C23H21N3O5. The molecule has 0 spiro atoms. The van der Waals surface area contributed by atoms with Crippen LogP contribution in [0.25, 0.3) is 10.9 Å². The van der Waals surface area contributed by atoms with Crippen LogP contribution >= 0.6 is 0 Å². The quantitative estimate of drug-likeness (QED) is 0.702. The number of methoxy groups -OCH3 is 1. The number of benzene rings is 2. The molecule has 8 nitrogen and oxygen atoms in total. The molecule has 3 amide bonds. The van der Waals surface area contributed by atoms with Crippen LogP contribution in [0.1, 0.15) is 33.1 Å². The number of aromatic carboxylic acids is 1. The molecular weight excluding hydrogens is 398 g/mol. The highest BCUT2D eigenvalue weighted by atomic mass is 16.5. The molecule has 31 heavy (non-hydrogen) atoms. The Balaban J connectivity index is 1.68. The molecule has 5 rings (SSSR count). The fraction of sp³-hybridized carbons (Fsp3) is 0.261. The zero-order valence-electron chi connectivity index (χ0n) is 17.2. The predicted octanol–water partition coefficient (Wildman–Crippen LogP) is 2.89. The number of hydrogen-bond acceptors (Lipinski definition) is 4. The number of likely N-dealkylation sites (N-methyl/N-ethyl adjacent to an activating group) is 1. The minimum absolute atomic E-state index is 0.199. The Kier molecular flexibility index (Phi) is 4.25. The number of urea groups is 1.